The average molecular weight is 227 g/mol. The Morgan fingerprint density at radius 3 is 3.00 bits per heavy atom. The van der Waals surface area contributed by atoms with Gasteiger partial charge in [-0.3, -0.25) is 4.57 Å². The van der Waals surface area contributed by atoms with Gasteiger partial charge in [-0.1, -0.05) is 17.7 Å². The average Bonchev–Trinajstić information content (AvgIpc) is 2.54. The number of para-hydroxylation sites is 1. The minimum Gasteiger partial charge on any atom is -0.396 e. The van der Waals surface area contributed by atoms with Crippen LogP contribution in [-0.4, -0.2) is 21.3 Å². The summed E-state index contributed by atoms with van der Waals surface area (Å²) in [6.45, 7) is 0.565. The summed E-state index contributed by atoms with van der Waals surface area (Å²) in [5.74, 6) is 0. The fraction of sp³-hybridized carbons (Fsp3) is 0.300. The molecule has 1 heterocycles. The zero-order valence-corrected chi connectivity index (χ0v) is 8.79. The van der Waals surface area contributed by atoms with Gasteiger partial charge in [0, 0.05) is 13.2 Å². The molecule has 80 valence electrons. The van der Waals surface area contributed by atoms with Crippen LogP contribution in [0.1, 0.15) is 6.42 Å². The minimum atomic E-state index is -0.188. The van der Waals surface area contributed by atoms with Crippen molar-refractivity contribution in [3.63, 3.8) is 0 Å². The van der Waals surface area contributed by atoms with E-state index in [9.17, 15) is 4.79 Å². The number of halogens is 1. The molecule has 0 radical (unpaired) electrons. The first-order valence-electron chi connectivity index (χ1n) is 4.72. The number of fused-ring (bicyclic) bond motifs is 1. The van der Waals surface area contributed by atoms with Gasteiger partial charge in [0.25, 0.3) is 0 Å². The van der Waals surface area contributed by atoms with Crippen molar-refractivity contribution >= 4 is 22.6 Å². The number of nitrogens with one attached hydrogen (secondary N) is 1. The van der Waals surface area contributed by atoms with E-state index in [0.29, 0.717) is 23.5 Å². The maximum Gasteiger partial charge on any atom is 0.326 e. The van der Waals surface area contributed by atoms with E-state index in [1.807, 2.05) is 6.07 Å². The number of aromatic amines is 1. The monoisotopic (exact) mass is 226 g/mol. The summed E-state index contributed by atoms with van der Waals surface area (Å²) in [5, 5.41) is 9.27. The van der Waals surface area contributed by atoms with Crippen LogP contribution >= 0.6 is 11.6 Å². The molecule has 0 aliphatic heterocycles. The summed E-state index contributed by atoms with van der Waals surface area (Å²) >= 11 is 5.94. The molecule has 2 N–H and O–H groups in total. The molecule has 0 atom stereocenters. The van der Waals surface area contributed by atoms with Crippen molar-refractivity contribution < 1.29 is 5.11 Å². The van der Waals surface area contributed by atoms with Gasteiger partial charge in [0.1, 0.15) is 0 Å². The summed E-state index contributed by atoms with van der Waals surface area (Å²) in [4.78, 5) is 14.3. The molecule has 0 aliphatic carbocycles. The summed E-state index contributed by atoms with van der Waals surface area (Å²) in [6.07, 6.45) is 0.555. The second-order valence-electron chi connectivity index (χ2n) is 3.29. The molecule has 0 spiro atoms. The van der Waals surface area contributed by atoms with Crippen molar-refractivity contribution in [3.05, 3.63) is 33.7 Å². The molecule has 0 saturated carbocycles. The maximum absolute atomic E-state index is 11.6. The van der Waals surface area contributed by atoms with Crippen LogP contribution in [0.4, 0.5) is 0 Å². The summed E-state index contributed by atoms with van der Waals surface area (Å²) in [7, 11) is 0. The first-order chi connectivity index (χ1) is 7.24. The Labute approximate surface area is 91.1 Å². The maximum atomic E-state index is 11.6. The minimum absolute atomic E-state index is 0.0691. The standard InChI is InChI=1S/C10H11ClN2O2/c11-7-3-1-4-8-9(7)12-10(15)13(8)5-2-6-14/h1,3-4,14H,2,5-6H2,(H,12,15). The molecule has 0 amide bonds. The third-order valence-electron chi connectivity index (χ3n) is 2.30. The molecule has 1 aromatic carbocycles. The molecule has 5 heteroatoms. The predicted molar refractivity (Wildman–Crippen MR) is 59.3 cm³/mol. The largest absolute Gasteiger partial charge is 0.396 e. The zero-order chi connectivity index (χ0) is 10.8. The van der Waals surface area contributed by atoms with Crippen LogP contribution in [0.15, 0.2) is 23.0 Å². The summed E-state index contributed by atoms with van der Waals surface area (Å²) < 4.78 is 1.58. The highest BCUT2D eigenvalue weighted by molar-refractivity contribution is 6.34. The number of rotatable bonds is 3. The number of benzene rings is 1. The molecule has 0 unspecified atom stereocenters. The number of hydrogen-bond acceptors (Lipinski definition) is 2. The fourth-order valence-corrected chi connectivity index (χ4v) is 1.81. The highest BCUT2D eigenvalue weighted by atomic mass is 35.5. The van der Waals surface area contributed by atoms with Crippen LogP contribution in [0.2, 0.25) is 5.02 Å². The molecule has 0 aliphatic rings. The second kappa shape index (κ2) is 4.08. The van der Waals surface area contributed by atoms with Gasteiger partial charge in [0.05, 0.1) is 16.1 Å². The smallest absolute Gasteiger partial charge is 0.326 e. The van der Waals surface area contributed by atoms with Crippen molar-refractivity contribution in [2.45, 2.75) is 13.0 Å². The first kappa shape index (κ1) is 10.3. The lowest BCUT2D eigenvalue weighted by Crippen LogP contribution is -2.17. The number of H-pyrrole nitrogens is 1. The number of aromatic nitrogens is 2. The van der Waals surface area contributed by atoms with Gasteiger partial charge in [-0.05, 0) is 18.6 Å². The molecule has 1 aromatic heterocycles. The fourth-order valence-electron chi connectivity index (χ4n) is 1.60. The number of imidazole rings is 1. The summed E-state index contributed by atoms with van der Waals surface area (Å²) in [6, 6.07) is 5.36. The van der Waals surface area contributed by atoms with Crippen molar-refractivity contribution in [2.24, 2.45) is 0 Å². The van der Waals surface area contributed by atoms with Gasteiger partial charge >= 0.3 is 5.69 Å². The van der Waals surface area contributed by atoms with Gasteiger partial charge in [0.2, 0.25) is 0 Å². The van der Waals surface area contributed by atoms with Crippen LogP contribution in [0.5, 0.6) is 0 Å². The van der Waals surface area contributed by atoms with Crippen molar-refractivity contribution in [3.8, 4) is 0 Å². The molecule has 0 fully saturated rings. The molecule has 15 heavy (non-hydrogen) atoms. The van der Waals surface area contributed by atoms with E-state index in [1.165, 1.54) is 0 Å². The number of hydrogen-bond donors (Lipinski definition) is 2. The van der Waals surface area contributed by atoms with E-state index >= 15 is 0 Å². The normalized spacial score (nSPS) is 11.1. The lowest BCUT2D eigenvalue weighted by Gasteiger charge is -2.00. The van der Waals surface area contributed by atoms with Crippen LogP contribution in [0.25, 0.3) is 11.0 Å². The zero-order valence-electron chi connectivity index (χ0n) is 8.03. The number of nitrogens with zero attached hydrogens (tertiary/aromatic N) is 1. The molecule has 4 nitrogen and oxygen atoms in total. The molecular weight excluding hydrogens is 216 g/mol. The third kappa shape index (κ3) is 1.78. The molecule has 2 aromatic rings. The van der Waals surface area contributed by atoms with Gasteiger partial charge in [0.15, 0.2) is 0 Å². The van der Waals surface area contributed by atoms with Gasteiger partial charge in [-0.15, -0.1) is 0 Å². The van der Waals surface area contributed by atoms with Gasteiger partial charge < -0.3 is 10.1 Å². The van der Waals surface area contributed by atoms with Crippen LogP contribution < -0.4 is 5.69 Å². The van der Waals surface area contributed by atoms with Gasteiger partial charge in [-0.2, -0.15) is 0 Å². The third-order valence-corrected chi connectivity index (χ3v) is 2.61. The van der Waals surface area contributed by atoms with Crippen LogP contribution in [0, 0.1) is 0 Å². The lowest BCUT2D eigenvalue weighted by atomic mass is 10.3. The van der Waals surface area contributed by atoms with E-state index in [4.69, 9.17) is 16.7 Å². The van der Waals surface area contributed by atoms with E-state index in [-0.39, 0.29) is 12.3 Å². The quantitative estimate of drug-likeness (QED) is 0.831. The van der Waals surface area contributed by atoms with Crippen molar-refractivity contribution in [2.75, 3.05) is 6.61 Å². The Hall–Kier alpha value is -1.26. The lowest BCUT2D eigenvalue weighted by molar-refractivity contribution is 0.280. The van der Waals surface area contributed by atoms with Crippen molar-refractivity contribution in [1.29, 1.82) is 0 Å². The summed E-state index contributed by atoms with van der Waals surface area (Å²) in [5.41, 5.74) is 1.25. The second-order valence-corrected chi connectivity index (χ2v) is 3.70. The number of aryl methyl sites for hydroxylation is 1. The Kier molecular flexibility index (Phi) is 2.79. The Balaban J connectivity index is 2.58. The Bertz CT molecular complexity index is 530. The highest BCUT2D eigenvalue weighted by Crippen LogP contribution is 2.19. The topological polar surface area (TPSA) is 58.0 Å². The van der Waals surface area contributed by atoms with Crippen LogP contribution in [-0.2, 0) is 6.54 Å². The number of aliphatic hydroxyl groups excluding tert-OH is 1. The Morgan fingerprint density at radius 2 is 2.27 bits per heavy atom. The van der Waals surface area contributed by atoms with E-state index < -0.39 is 0 Å². The molecule has 0 saturated heterocycles. The van der Waals surface area contributed by atoms with Crippen LogP contribution in [0.3, 0.4) is 0 Å². The SMILES string of the molecule is O=c1[nH]c2c(Cl)cccc2n1CCCO. The highest BCUT2D eigenvalue weighted by Gasteiger charge is 2.07. The Morgan fingerprint density at radius 1 is 1.47 bits per heavy atom. The molecule has 2 rings (SSSR count). The van der Waals surface area contributed by atoms with Crippen molar-refractivity contribution in [1.82, 2.24) is 9.55 Å². The van der Waals surface area contributed by atoms with E-state index in [0.717, 1.165) is 5.52 Å². The molecule has 0 bridgehead atoms. The van der Waals surface area contributed by atoms with Gasteiger partial charge in [-0.25, -0.2) is 4.79 Å². The van der Waals surface area contributed by atoms with E-state index in [2.05, 4.69) is 4.98 Å². The number of aliphatic hydroxyl groups is 1. The predicted octanol–water partition coefficient (Wildman–Crippen LogP) is 1.37. The van der Waals surface area contributed by atoms with E-state index in [1.54, 1.807) is 16.7 Å². The molecular formula is C10H11ClN2O2. The first-order valence-corrected chi connectivity index (χ1v) is 5.09.